The molecule has 0 bridgehead atoms. The van der Waals surface area contributed by atoms with E-state index >= 15 is 0 Å². The zero-order valence-electron chi connectivity index (χ0n) is 21.1. The predicted octanol–water partition coefficient (Wildman–Crippen LogP) is 4.52. The summed E-state index contributed by atoms with van der Waals surface area (Å²) in [4.78, 5) is 27.9. The van der Waals surface area contributed by atoms with E-state index in [4.69, 9.17) is 14.2 Å². The zero-order chi connectivity index (χ0) is 26.1. The lowest BCUT2D eigenvalue weighted by molar-refractivity contribution is -0.143. The maximum absolute atomic E-state index is 13.2. The number of carboxylic acids is 1. The molecule has 0 radical (unpaired) electrons. The maximum atomic E-state index is 13.2. The number of methoxy groups -OCH3 is 1. The summed E-state index contributed by atoms with van der Waals surface area (Å²) in [7, 11) is 1.59. The highest BCUT2D eigenvalue weighted by Gasteiger charge is 2.48. The number of carbonyl (C=O) groups excluding carboxylic acids is 1. The van der Waals surface area contributed by atoms with E-state index in [1.165, 1.54) is 0 Å². The number of amides is 1. The Morgan fingerprint density at radius 2 is 1.65 bits per heavy atom. The monoisotopic (exact) mass is 502 g/mol. The molecule has 0 aromatic heterocycles. The number of aryl methyl sites for hydroxylation is 2. The van der Waals surface area contributed by atoms with Crippen molar-refractivity contribution in [1.82, 2.24) is 4.90 Å². The minimum absolute atomic E-state index is 0.0501. The fraction of sp³-hybridized carbons (Fsp3) is 0.310. The molecule has 0 spiro atoms. The quantitative estimate of drug-likeness (QED) is 0.490. The van der Waals surface area contributed by atoms with Crippen molar-refractivity contribution in [2.75, 3.05) is 32.3 Å². The van der Waals surface area contributed by atoms with Gasteiger partial charge in [-0.15, -0.1) is 0 Å². The molecule has 37 heavy (non-hydrogen) atoms. The summed E-state index contributed by atoms with van der Waals surface area (Å²) in [6, 6.07) is 18.3. The SMILES string of the molecule is COc1ccc([C@@H]2[C@@H](C(=O)O)[C@H](c3ccc4c(c3)OCO4)CN2CC(=O)Nc2cc(C)cc(C)c2)cc1. The van der Waals surface area contributed by atoms with Crippen LogP contribution in [0.1, 0.15) is 34.2 Å². The first kappa shape index (κ1) is 24.6. The topological polar surface area (TPSA) is 97.3 Å². The number of fused-ring (bicyclic) bond motifs is 1. The van der Waals surface area contributed by atoms with Gasteiger partial charge in [0, 0.05) is 24.2 Å². The second kappa shape index (κ2) is 10.1. The Kier molecular flexibility index (Phi) is 6.76. The Hall–Kier alpha value is -4.04. The van der Waals surface area contributed by atoms with Crippen LogP contribution < -0.4 is 19.5 Å². The van der Waals surface area contributed by atoms with E-state index in [9.17, 15) is 14.7 Å². The first-order valence-corrected chi connectivity index (χ1v) is 12.2. The average Bonchev–Trinajstić information content (AvgIpc) is 3.47. The van der Waals surface area contributed by atoms with Crippen LogP contribution in [0.25, 0.3) is 0 Å². The van der Waals surface area contributed by atoms with Crippen molar-refractivity contribution in [1.29, 1.82) is 0 Å². The first-order chi connectivity index (χ1) is 17.8. The van der Waals surface area contributed by atoms with Crippen LogP contribution in [-0.4, -0.2) is 48.9 Å². The molecule has 2 heterocycles. The zero-order valence-corrected chi connectivity index (χ0v) is 21.1. The number of ether oxygens (including phenoxy) is 3. The number of benzene rings is 3. The molecule has 3 aromatic rings. The normalized spacial score (nSPS) is 20.6. The van der Waals surface area contributed by atoms with Crippen LogP contribution in [0, 0.1) is 19.8 Å². The van der Waals surface area contributed by atoms with Gasteiger partial charge in [-0.05, 0) is 72.5 Å². The lowest BCUT2D eigenvalue weighted by Crippen LogP contribution is -2.35. The molecule has 8 nitrogen and oxygen atoms in total. The molecule has 1 saturated heterocycles. The highest BCUT2D eigenvalue weighted by atomic mass is 16.7. The fourth-order valence-corrected chi connectivity index (χ4v) is 5.50. The lowest BCUT2D eigenvalue weighted by atomic mass is 9.82. The third-order valence-electron chi connectivity index (χ3n) is 7.02. The van der Waals surface area contributed by atoms with E-state index in [1.807, 2.05) is 79.4 Å². The summed E-state index contributed by atoms with van der Waals surface area (Å²) < 4.78 is 16.3. The molecule has 1 amide bonds. The second-order valence-electron chi connectivity index (χ2n) is 9.66. The smallest absolute Gasteiger partial charge is 0.309 e. The Balaban J connectivity index is 1.47. The molecule has 2 N–H and O–H groups in total. The number of hydrogen-bond acceptors (Lipinski definition) is 6. The first-order valence-electron chi connectivity index (χ1n) is 12.2. The van der Waals surface area contributed by atoms with Crippen LogP contribution in [0.2, 0.25) is 0 Å². The molecule has 2 aliphatic rings. The summed E-state index contributed by atoms with van der Waals surface area (Å²) >= 11 is 0. The van der Waals surface area contributed by atoms with E-state index in [2.05, 4.69) is 5.32 Å². The molecule has 0 unspecified atom stereocenters. The fourth-order valence-electron chi connectivity index (χ4n) is 5.50. The number of hydrogen-bond donors (Lipinski definition) is 2. The van der Waals surface area contributed by atoms with Crippen LogP contribution in [0.15, 0.2) is 60.7 Å². The number of nitrogens with zero attached hydrogens (tertiary/aromatic N) is 1. The Morgan fingerprint density at radius 1 is 0.973 bits per heavy atom. The number of likely N-dealkylation sites (tertiary alicyclic amines) is 1. The molecular weight excluding hydrogens is 472 g/mol. The Morgan fingerprint density at radius 3 is 2.32 bits per heavy atom. The summed E-state index contributed by atoms with van der Waals surface area (Å²) in [6.07, 6.45) is 0. The van der Waals surface area contributed by atoms with Gasteiger partial charge in [-0.2, -0.15) is 0 Å². The number of anilines is 1. The van der Waals surface area contributed by atoms with Crippen molar-refractivity contribution in [2.45, 2.75) is 25.8 Å². The highest BCUT2D eigenvalue weighted by molar-refractivity contribution is 5.92. The summed E-state index contributed by atoms with van der Waals surface area (Å²) in [5, 5.41) is 13.4. The molecule has 0 aliphatic carbocycles. The van der Waals surface area contributed by atoms with Crippen LogP contribution >= 0.6 is 0 Å². The van der Waals surface area contributed by atoms with E-state index in [0.29, 0.717) is 23.8 Å². The largest absolute Gasteiger partial charge is 0.497 e. The molecule has 8 heteroatoms. The van der Waals surface area contributed by atoms with E-state index < -0.39 is 17.9 Å². The Bertz CT molecular complexity index is 1300. The number of aliphatic carboxylic acids is 1. The molecule has 0 saturated carbocycles. The van der Waals surface area contributed by atoms with Crippen LogP contribution in [0.4, 0.5) is 5.69 Å². The third kappa shape index (κ3) is 5.11. The molecule has 2 aliphatic heterocycles. The summed E-state index contributed by atoms with van der Waals surface area (Å²) in [5.41, 5.74) is 4.50. The van der Waals surface area contributed by atoms with Crippen molar-refractivity contribution in [2.24, 2.45) is 5.92 Å². The van der Waals surface area contributed by atoms with Gasteiger partial charge in [-0.1, -0.05) is 24.3 Å². The molecule has 192 valence electrons. The van der Waals surface area contributed by atoms with Crippen LogP contribution in [0.3, 0.4) is 0 Å². The Labute approximate surface area is 215 Å². The summed E-state index contributed by atoms with van der Waals surface area (Å²) in [6.45, 7) is 4.56. The van der Waals surface area contributed by atoms with Gasteiger partial charge in [0.25, 0.3) is 0 Å². The molecule has 5 rings (SSSR count). The van der Waals surface area contributed by atoms with Gasteiger partial charge in [0.05, 0.1) is 19.6 Å². The van der Waals surface area contributed by atoms with Crippen molar-refractivity contribution in [3.8, 4) is 17.2 Å². The third-order valence-corrected chi connectivity index (χ3v) is 7.02. The molecule has 3 atom stereocenters. The highest BCUT2D eigenvalue weighted by Crippen LogP contribution is 2.47. The minimum Gasteiger partial charge on any atom is -0.497 e. The van der Waals surface area contributed by atoms with E-state index in [0.717, 1.165) is 27.9 Å². The molecule has 1 fully saturated rings. The second-order valence-corrected chi connectivity index (χ2v) is 9.66. The molecule has 3 aromatic carbocycles. The van der Waals surface area contributed by atoms with Gasteiger partial charge in [0.15, 0.2) is 11.5 Å². The van der Waals surface area contributed by atoms with E-state index in [-0.39, 0.29) is 25.2 Å². The standard InChI is InChI=1S/C29H30N2O6/c1-17-10-18(2)12-21(11-17)30-26(32)15-31-14-23(20-6-9-24-25(13-20)37-16-36-24)27(29(33)34)28(31)19-4-7-22(35-3)8-5-19/h4-13,23,27-28H,14-16H2,1-3H3,(H,30,32)(H,33,34)/t23-,27-,28+/m0/s1. The average molecular weight is 503 g/mol. The molecular formula is C29H30N2O6. The number of rotatable bonds is 7. The van der Waals surface area contributed by atoms with Gasteiger partial charge in [0.1, 0.15) is 5.75 Å². The van der Waals surface area contributed by atoms with Crippen molar-refractivity contribution >= 4 is 17.6 Å². The van der Waals surface area contributed by atoms with Gasteiger partial charge in [0.2, 0.25) is 12.7 Å². The van der Waals surface area contributed by atoms with Crippen molar-refractivity contribution in [3.63, 3.8) is 0 Å². The number of carboxylic acid groups (broad SMARTS) is 1. The lowest BCUT2D eigenvalue weighted by Gasteiger charge is -2.27. The number of nitrogens with one attached hydrogen (secondary N) is 1. The van der Waals surface area contributed by atoms with Crippen molar-refractivity contribution in [3.05, 3.63) is 82.9 Å². The van der Waals surface area contributed by atoms with E-state index in [1.54, 1.807) is 7.11 Å². The predicted molar refractivity (Wildman–Crippen MR) is 138 cm³/mol. The van der Waals surface area contributed by atoms with Gasteiger partial charge in [-0.3, -0.25) is 14.5 Å². The van der Waals surface area contributed by atoms with Crippen molar-refractivity contribution < 1.29 is 28.9 Å². The maximum Gasteiger partial charge on any atom is 0.309 e. The number of carbonyl (C=O) groups is 2. The summed E-state index contributed by atoms with van der Waals surface area (Å²) in [5.74, 6) is -0.311. The van der Waals surface area contributed by atoms with Crippen LogP contribution in [-0.2, 0) is 9.59 Å². The van der Waals surface area contributed by atoms with Gasteiger partial charge in [-0.25, -0.2) is 0 Å². The van der Waals surface area contributed by atoms with Gasteiger partial charge >= 0.3 is 5.97 Å². The van der Waals surface area contributed by atoms with Gasteiger partial charge < -0.3 is 24.6 Å². The van der Waals surface area contributed by atoms with Crippen LogP contribution in [0.5, 0.6) is 17.2 Å². The minimum atomic E-state index is -0.916.